The van der Waals surface area contributed by atoms with Gasteiger partial charge in [0, 0.05) is 17.6 Å². The number of aryl methyl sites for hydroxylation is 1. The number of nitrogens with one attached hydrogen (secondary N) is 2. The van der Waals surface area contributed by atoms with Crippen LogP contribution in [0.2, 0.25) is 0 Å². The van der Waals surface area contributed by atoms with E-state index in [4.69, 9.17) is 0 Å². The van der Waals surface area contributed by atoms with E-state index < -0.39 is 5.97 Å². The summed E-state index contributed by atoms with van der Waals surface area (Å²) in [5, 5.41) is 13.7. The van der Waals surface area contributed by atoms with E-state index in [1.165, 1.54) is 11.9 Å². The van der Waals surface area contributed by atoms with Crippen molar-refractivity contribution in [2.75, 3.05) is 5.32 Å². The molecule has 0 radical (unpaired) electrons. The number of rotatable bonds is 3. The molecular weight excluding hydrogens is 330 g/mol. The van der Waals surface area contributed by atoms with Gasteiger partial charge < -0.3 is 15.4 Å². The summed E-state index contributed by atoms with van der Waals surface area (Å²) in [6.07, 6.45) is 5.28. The first-order chi connectivity index (χ1) is 12.7. The lowest BCUT2D eigenvalue weighted by molar-refractivity contribution is -0.142. The van der Waals surface area contributed by atoms with Crippen LogP contribution in [-0.2, 0) is 24.2 Å². The normalized spacial score (nSPS) is 17.9. The topological polar surface area (TPSA) is 103 Å². The molecule has 2 aromatic heterocycles. The maximum atomic E-state index is 11.4. The number of anilines is 2. The van der Waals surface area contributed by atoms with Gasteiger partial charge in [-0.25, -0.2) is 9.97 Å². The molecule has 5 rings (SSSR count). The van der Waals surface area contributed by atoms with Gasteiger partial charge in [-0.2, -0.15) is 0 Å². The number of carbonyl (C=O) groups is 1. The Morgan fingerprint density at radius 3 is 3.12 bits per heavy atom. The third-order valence-corrected chi connectivity index (χ3v) is 5.23. The van der Waals surface area contributed by atoms with Gasteiger partial charge in [-0.05, 0) is 48.1 Å². The fourth-order valence-corrected chi connectivity index (χ4v) is 3.86. The smallest absolute Gasteiger partial charge is 0.306 e. The summed E-state index contributed by atoms with van der Waals surface area (Å²) >= 11 is 0. The number of carboxylic acid groups (broad SMARTS) is 1. The van der Waals surface area contributed by atoms with Crippen LogP contribution in [0.5, 0.6) is 0 Å². The lowest BCUT2D eigenvalue weighted by Gasteiger charge is -2.19. The van der Waals surface area contributed by atoms with Gasteiger partial charge in [0.25, 0.3) is 0 Å². The number of hydrogen-bond donors (Lipinski definition) is 3. The predicted molar refractivity (Wildman–Crippen MR) is 98.1 cm³/mol. The zero-order valence-electron chi connectivity index (χ0n) is 14.0. The summed E-state index contributed by atoms with van der Waals surface area (Å²) in [7, 11) is 0. The maximum absolute atomic E-state index is 11.4. The Kier molecular flexibility index (Phi) is 3.28. The lowest BCUT2D eigenvalue weighted by atomic mass is 9.86. The van der Waals surface area contributed by atoms with Crippen LogP contribution in [0, 0.1) is 5.92 Å². The second-order valence-corrected chi connectivity index (χ2v) is 6.81. The van der Waals surface area contributed by atoms with E-state index in [0.29, 0.717) is 18.7 Å². The van der Waals surface area contributed by atoms with Crippen molar-refractivity contribution in [2.45, 2.75) is 25.8 Å². The number of benzene rings is 1. The zero-order valence-corrected chi connectivity index (χ0v) is 14.0. The SMILES string of the molecule is O=C(O)C1CCc2[nH]c3ncnc(Nc4ccc5c(c4)C=NC5)c3c2C1. The van der Waals surface area contributed by atoms with E-state index in [0.717, 1.165) is 46.5 Å². The molecule has 1 unspecified atom stereocenters. The minimum Gasteiger partial charge on any atom is -0.481 e. The highest BCUT2D eigenvalue weighted by molar-refractivity contribution is 5.94. The molecule has 0 saturated heterocycles. The molecule has 26 heavy (non-hydrogen) atoms. The summed E-state index contributed by atoms with van der Waals surface area (Å²) in [4.78, 5) is 27.8. The number of nitrogens with zero attached hydrogens (tertiary/aromatic N) is 3. The molecule has 0 saturated carbocycles. The quantitative estimate of drug-likeness (QED) is 0.676. The van der Waals surface area contributed by atoms with Gasteiger partial charge in [-0.15, -0.1) is 0 Å². The summed E-state index contributed by atoms with van der Waals surface area (Å²) in [6, 6.07) is 6.13. The van der Waals surface area contributed by atoms with Crippen LogP contribution in [0.1, 0.15) is 28.8 Å². The van der Waals surface area contributed by atoms with E-state index in [2.05, 4.69) is 37.4 Å². The number of aliphatic imine (C=N–C) groups is 1. The largest absolute Gasteiger partial charge is 0.481 e. The van der Waals surface area contributed by atoms with Crippen molar-refractivity contribution in [3.8, 4) is 0 Å². The molecular formula is C19H17N5O2. The number of aliphatic carboxylic acids is 1. The molecule has 3 heterocycles. The van der Waals surface area contributed by atoms with Gasteiger partial charge in [0.1, 0.15) is 17.8 Å². The average Bonchev–Trinajstić information content (AvgIpc) is 3.25. The Bertz CT molecular complexity index is 1070. The van der Waals surface area contributed by atoms with Crippen molar-refractivity contribution in [3.63, 3.8) is 0 Å². The number of aromatic nitrogens is 3. The molecule has 0 spiro atoms. The van der Waals surface area contributed by atoms with Crippen LogP contribution in [0.3, 0.4) is 0 Å². The molecule has 1 aromatic carbocycles. The van der Waals surface area contributed by atoms with Crippen LogP contribution in [0.4, 0.5) is 11.5 Å². The van der Waals surface area contributed by atoms with Crippen LogP contribution < -0.4 is 5.32 Å². The van der Waals surface area contributed by atoms with Crippen molar-refractivity contribution in [3.05, 3.63) is 46.9 Å². The predicted octanol–water partition coefficient (Wildman–Crippen LogP) is 2.82. The fourth-order valence-electron chi connectivity index (χ4n) is 3.86. The maximum Gasteiger partial charge on any atom is 0.306 e. The second-order valence-electron chi connectivity index (χ2n) is 6.81. The molecule has 3 aromatic rings. The van der Waals surface area contributed by atoms with Crippen LogP contribution in [-0.4, -0.2) is 32.2 Å². The minimum atomic E-state index is -0.741. The van der Waals surface area contributed by atoms with E-state index in [-0.39, 0.29) is 5.92 Å². The molecule has 7 heteroatoms. The van der Waals surface area contributed by atoms with Crippen LogP contribution >= 0.6 is 0 Å². The van der Waals surface area contributed by atoms with Crippen LogP contribution in [0.15, 0.2) is 29.5 Å². The van der Waals surface area contributed by atoms with E-state index in [1.54, 1.807) is 0 Å². The van der Waals surface area contributed by atoms with Gasteiger partial charge >= 0.3 is 5.97 Å². The highest BCUT2D eigenvalue weighted by Crippen LogP contribution is 2.35. The zero-order chi connectivity index (χ0) is 17.7. The Balaban J connectivity index is 1.57. The van der Waals surface area contributed by atoms with Crippen molar-refractivity contribution < 1.29 is 9.90 Å². The van der Waals surface area contributed by atoms with Gasteiger partial charge in [-0.3, -0.25) is 9.79 Å². The van der Waals surface area contributed by atoms with Crippen molar-refractivity contribution >= 4 is 34.7 Å². The molecule has 2 aliphatic rings. The summed E-state index contributed by atoms with van der Waals surface area (Å²) in [5.74, 6) is -0.395. The molecule has 1 atom stereocenters. The number of H-pyrrole nitrogens is 1. The molecule has 0 fully saturated rings. The van der Waals surface area contributed by atoms with Crippen molar-refractivity contribution in [1.82, 2.24) is 15.0 Å². The Hall–Kier alpha value is -3.22. The van der Waals surface area contributed by atoms with Gasteiger partial charge in [-0.1, -0.05) is 6.07 Å². The first kappa shape index (κ1) is 15.1. The lowest BCUT2D eigenvalue weighted by Crippen LogP contribution is -2.21. The van der Waals surface area contributed by atoms with E-state index in [9.17, 15) is 9.90 Å². The third kappa shape index (κ3) is 2.35. The Morgan fingerprint density at radius 1 is 1.31 bits per heavy atom. The molecule has 1 aliphatic heterocycles. The average molecular weight is 347 g/mol. The Labute approximate surface area is 149 Å². The fraction of sp³-hybridized carbons (Fsp3) is 0.263. The minimum absolute atomic E-state index is 0.356. The van der Waals surface area contributed by atoms with E-state index >= 15 is 0 Å². The first-order valence-electron chi connectivity index (χ1n) is 8.66. The van der Waals surface area contributed by atoms with Crippen molar-refractivity contribution in [2.24, 2.45) is 10.9 Å². The van der Waals surface area contributed by atoms with Gasteiger partial charge in [0.15, 0.2) is 0 Å². The number of hydrogen-bond acceptors (Lipinski definition) is 5. The molecule has 130 valence electrons. The highest BCUT2D eigenvalue weighted by Gasteiger charge is 2.28. The van der Waals surface area contributed by atoms with Crippen molar-refractivity contribution in [1.29, 1.82) is 0 Å². The summed E-state index contributed by atoms with van der Waals surface area (Å²) in [6.45, 7) is 0.731. The molecule has 0 amide bonds. The second kappa shape index (κ2) is 5.66. The van der Waals surface area contributed by atoms with Gasteiger partial charge in [0.2, 0.25) is 0 Å². The van der Waals surface area contributed by atoms with Crippen LogP contribution in [0.25, 0.3) is 11.0 Å². The molecule has 7 nitrogen and oxygen atoms in total. The number of aromatic amines is 1. The van der Waals surface area contributed by atoms with Gasteiger partial charge in [0.05, 0.1) is 17.8 Å². The number of fused-ring (bicyclic) bond motifs is 4. The molecule has 0 bridgehead atoms. The summed E-state index contributed by atoms with van der Waals surface area (Å²) < 4.78 is 0. The molecule has 1 aliphatic carbocycles. The Morgan fingerprint density at radius 2 is 2.23 bits per heavy atom. The standard InChI is InChI=1S/C19H17N5O2/c25-19(26)10-2-4-15-14(6-10)16-17(21-9-22-18(16)24-15)23-13-3-1-11-7-20-8-12(11)5-13/h1,3,5,8-10H,2,4,6-7H2,(H,25,26)(H2,21,22,23,24). The molecule has 3 N–H and O–H groups in total. The summed E-state index contributed by atoms with van der Waals surface area (Å²) in [5.41, 5.74) is 6.10. The first-order valence-corrected chi connectivity index (χ1v) is 8.66. The third-order valence-electron chi connectivity index (χ3n) is 5.23. The van der Waals surface area contributed by atoms with E-state index in [1.807, 2.05) is 12.3 Å². The monoisotopic (exact) mass is 347 g/mol. The highest BCUT2D eigenvalue weighted by atomic mass is 16.4. The number of carboxylic acids is 1.